The molecule has 1 spiro atoms. The molecule has 1 heterocycles. The van der Waals surface area contributed by atoms with E-state index in [4.69, 9.17) is 0 Å². The number of carbonyl (C=O) groups excluding carboxylic acids is 1. The van der Waals surface area contributed by atoms with Crippen molar-refractivity contribution in [3.8, 4) is 0 Å². The Balaban J connectivity index is 1.86. The summed E-state index contributed by atoms with van der Waals surface area (Å²) in [5.41, 5.74) is 3.31. The quantitative estimate of drug-likeness (QED) is 0.734. The molecule has 1 saturated heterocycles. The van der Waals surface area contributed by atoms with Gasteiger partial charge < -0.3 is 0 Å². The number of nitrogens with zero attached hydrogens (tertiary/aromatic N) is 1. The van der Waals surface area contributed by atoms with Crippen LogP contribution < -0.4 is 0 Å². The predicted molar refractivity (Wildman–Crippen MR) is 68.0 cm³/mol. The number of ketones is 1. The average molecular weight is 229 g/mol. The third-order valence-electron chi connectivity index (χ3n) is 4.46. The lowest BCUT2D eigenvalue weighted by molar-refractivity contribution is -0.120. The molecule has 90 valence electrons. The average Bonchev–Trinajstić information content (AvgIpc) is 2.78. The Morgan fingerprint density at radius 2 is 1.88 bits per heavy atom. The standard InChI is InChI=1S/C15H19NO/c1-11(17)14-9-15(10-16(14)2)7-12-5-3-4-6-13(12)8-15/h3-6,14H,7-10H2,1-2H3/t14-/m0/s1. The Morgan fingerprint density at radius 3 is 2.35 bits per heavy atom. The van der Waals surface area contributed by atoms with Crippen molar-refractivity contribution in [1.29, 1.82) is 0 Å². The molecule has 0 radical (unpaired) electrons. The lowest BCUT2D eigenvalue weighted by atomic mass is 9.82. The second kappa shape index (κ2) is 3.67. The molecule has 1 aromatic carbocycles. The van der Waals surface area contributed by atoms with Crippen LogP contribution in [0.4, 0.5) is 0 Å². The maximum Gasteiger partial charge on any atom is 0.146 e. The minimum atomic E-state index is 0.143. The molecule has 2 nitrogen and oxygen atoms in total. The zero-order valence-electron chi connectivity index (χ0n) is 10.6. The van der Waals surface area contributed by atoms with Gasteiger partial charge in [0.15, 0.2) is 0 Å². The molecular formula is C15H19NO. The number of carbonyl (C=O) groups is 1. The van der Waals surface area contributed by atoms with Crippen LogP contribution in [0.25, 0.3) is 0 Å². The number of likely N-dealkylation sites (tertiary alicyclic amines) is 1. The van der Waals surface area contributed by atoms with Crippen molar-refractivity contribution in [2.45, 2.75) is 32.2 Å². The van der Waals surface area contributed by atoms with Crippen LogP contribution in [0.15, 0.2) is 24.3 Å². The van der Waals surface area contributed by atoms with Crippen molar-refractivity contribution < 1.29 is 4.79 Å². The number of rotatable bonds is 1. The normalized spacial score (nSPS) is 26.4. The fraction of sp³-hybridized carbons (Fsp3) is 0.533. The summed E-state index contributed by atoms with van der Waals surface area (Å²) in [6.07, 6.45) is 3.34. The fourth-order valence-corrected chi connectivity index (χ4v) is 3.75. The molecule has 0 aromatic heterocycles. The van der Waals surface area contributed by atoms with E-state index in [9.17, 15) is 4.79 Å². The minimum absolute atomic E-state index is 0.143. The number of benzene rings is 1. The highest BCUT2D eigenvalue weighted by molar-refractivity contribution is 5.82. The largest absolute Gasteiger partial charge is 0.298 e. The van der Waals surface area contributed by atoms with Crippen LogP contribution in [0.3, 0.4) is 0 Å². The maximum atomic E-state index is 11.6. The van der Waals surface area contributed by atoms with Gasteiger partial charge in [0.25, 0.3) is 0 Å². The zero-order chi connectivity index (χ0) is 12.0. The van der Waals surface area contributed by atoms with E-state index in [0.717, 1.165) is 25.8 Å². The third-order valence-corrected chi connectivity index (χ3v) is 4.46. The summed E-state index contributed by atoms with van der Waals surface area (Å²) in [4.78, 5) is 13.9. The number of hydrogen-bond donors (Lipinski definition) is 0. The van der Waals surface area contributed by atoms with Crippen molar-refractivity contribution in [3.63, 3.8) is 0 Å². The van der Waals surface area contributed by atoms with Crippen LogP contribution in [0.2, 0.25) is 0 Å². The second-order valence-corrected chi connectivity index (χ2v) is 5.87. The van der Waals surface area contributed by atoms with Gasteiger partial charge in [-0.2, -0.15) is 0 Å². The molecule has 1 aliphatic heterocycles. The highest BCUT2D eigenvalue weighted by Gasteiger charge is 2.47. The van der Waals surface area contributed by atoms with E-state index < -0.39 is 0 Å². The Labute approximate surface area is 103 Å². The molecule has 2 aliphatic rings. The van der Waals surface area contributed by atoms with Gasteiger partial charge in [0.1, 0.15) is 5.78 Å². The van der Waals surface area contributed by atoms with Gasteiger partial charge in [-0.05, 0) is 49.8 Å². The van der Waals surface area contributed by atoms with E-state index in [-0.39, 0.29) is 6.04 Å². The van der Waals surface area contributed by atoms with Gasteiger partial charge in [0.2, 0.25) is 0 Å². The lowest BCUT2D eigenvalue weighted by Gasteiger charge is -2.21. The lowest BCUT2D eigenvalue weighted by Crippen LogP contribution is -2.31. The van der Waals surface area contributed by atoms with E-state index in [1.165, 1.54) is 11.1 Å². The fourth-order valence-electron chi connectivity index (χ4n) is 3.75. The summed E-state index contributed by atoms with van der Waals surface area (Å²) in [6.45, 7) is 2.79. The SMILES string of the molecule is CC(=O)[C@@H]1CC2(Cc3ccccc3C2)CN1C. The first kappa shape index (κ1) is 11.0. The monoisotopic (exact) mass is 229 g/mol. The summed E-state index contributed by atoms with van der Waals surface area (Å²) in [7, 11) is 2.09. The smallest absolute Gasteiger partial charge is 0.146 e. The molecule has 2 heteroatoms. The van der Waals surface area contributed by atoms with Crippen LogP contribution >= 0.6 is 0 Å². The summed E-state index contributed by atoms with van der Waals surface area (Å²) < 4.78 is 0. The molecular weight excluding hydrogens is 210 g/mol. The van der Waals surface area contributed by atoms with E-state index in [0.29, 0.717) is 11.2 Å². The molecule has 1 aromatic rings. The van der Waals surface area contributed by atoms with Crippen LogP contribution in [0.1, 0.15) is 24.5 Å². The molecule has 17 heavy (non-hydrogen) atoms. The van der Waals surface area contributed by atoms with E-state index >= 15 is 0 Å². The number of likely N-dealkylation sites (N-methyl/N-ethyl adjacent to an activating group) is 1. The van der Waals surface area contributed by atoms with Crippen LogP contribution in [-0.4, -0.2) is 30.3 Å². The van der Waals surface area contributed by atoms with E-state index in [1.54, 1.807) is 6.92 Å². The van der Waals surface area contributed by atoms with E-state index in [2.05, 4.69) is 36.2 Å². The molecule has 3 rings (SSSR count). The molecule has 0 saturated carbocycles. The first-order valence-electron chi connectivity index (χ1n) is 6.37. The molecule has 1 atom stereocenters. The van der Waals surface area contributed by atoms with Crippen molar-refractivity contribution in [3.05, 3.63) is 35.4 Å². The predicted octanol–water partition coefficient (Wildman–Crippen LogP) is 2.06. The zero-order valence-corrected chi connectivity index (χ0v) is 10.6. The van der Waals surface area contributed by atoms with Gasteiger partial charge in [0.05, 0.1) is 6.04 Å². The summed E-state index contributed by atoms with van der Waals surface area (Å²) >= 11 is 0. The number of hydrogen-bond acceptors (Lipinski definition) is 2. The molecule has 0 bridgehead atoms. The van der Waals surface area contributed by atoms with Crippen molar-refractivity contribution in [2.75, 3.05) is 13.6 Å². The highest BCUT2D eigenvalue weighted by atomic mass is 16.1. The van der Waals surface area contributed by atoms with Gasteiger partial charge in [-0.25, -0.2) is 0 Å². The maximum absolute atomic E-state index is 11.6. The van der Waals surface area contributed by atoms with Crippen LogP contribution in [-0.2, 0) is 17.6 Å². The van der Waals surface area contributed by atoms with Gasteiger partial charge in [-0.15, -0.1) is 0 Å². The van der Waals surface area contributed by atoms with Gasteiger partial charge in [-0.1, -0.05) is 24.3 Å². The van der Waals surface area contributed by atoms with Crippen molar-refractivity contribution in [2.24, 2.45) is 5.41 Å². The van der Waals surface area contributed by atoms with Gasteiger partial charge >= 0.3 is 0 Å². The number of fused-ring (bicyclic) bond motifs is 1. The van der Waals surface area contributed by atoms with E-state index in [1.807, 2.05) is 0 Å². The summed E-state index contributed by atoms with van der Waals surface area (Å²) in [5.74, 6) is 0.320. The summed E-state index contributed by atoms with van der Waals surface area (Å²) in [6, 6.07) is 8.87. The Hall–Kier alpha value is -1.15. The second-order valence-electron chi connectivity index (χ2n) is 5.87. The Kier molecular flexibility index (Phi) is 2.37. The first-order chi connectivity index (χ1) is 8.10. The molecule has 0 unspecified atom stereocenters. The topological polar surface area (TPSA) is 20.3 Å². The minimum Gasteiger partial charge on any atom is -0.298 e. The molecule has 0 amide bonds. The first-order valence-corrected chi connectivity index (χ1v) is 6.37. The number of Topliss-reactive ketones (excluding diaryl/α,β-unsaturated/α-hetero) is 1. The summed E-state index contributed by atoms with van der Waals surface area (Å²) in [5, 5.41) is 0. The molecule has 0 N–H and O–H groups in total. The van der Waals surface area contributed by atoms with Gasteiger partial charge in [-0.3, -0.25) is 9.69 Å². The van der Waals surface area contributed by atoms with Gasteiger partial charge in [0, 0.05) is 6.54 Å². The van der Waals surface area contributed by atoms with Crippen molar-refractivity contribution in [1.82, 2.24) is 4.90 Å². The highest BCUT2D eigenvalue weighted by Crippen LogP contribution is 2.45. The van der Waals surface area contributed by atoms with Crippen molar-refractivity contribution >= 4 is 5.78 Å². The Bertz CT molecular complexity index is 441. The van der Waals surface area contributed by atoms with Crippen LogP contribution in [0, 0.1) is 5.41 Å². The third kappa shape index (κ3) is 1.71. The molecule has 1 aliphatic carbocycles. The Morgan fingerprint density at radius 1 is 1.29 bits per heavy atom. The van der Waals surface area contributed by atoms with Crippen LogP contribution in [0.5, 0.6) is 0 Å². The molecule has 1 fully saturated rings.